The first-order valence-electron chi connectivity index (χ1n) is 6.26. The van der Waals surface area contributed by atoms with Crippen molar-refractivity contribution >= 4 is 8.32 Å². The lowest BCUT2D eigenvalue weighted by Crippen LogP contribution is -2.54. The third kappa shape index (κ3) is 3.19. The second kappa shape index (κ2) is 5.22. The quantitative estimate of drug-likeness (QED) is 0.608. The Kier molecular flexibility index (Phi) is 4.58. The molecule has 1 fully saturated rings. The highest BCUT2D eigenvalue weighted by Crippen LogP contribution is 2.38. The van der Waals surface area contributed by atoms with E-state index in [9.17, 15) is 5.11 Å². The first-order chi connectivity index (χ1) is 7.73. The summed E-state index contributed by atoms with van der Waals surface area (Å²) < 4.78 is 11.7. The molecule has 0 aromatic heterocycles. The van der Waals surface area contributed by atoms with Gasteiger partial charge >= 0.3 is 0 Å². The minimum absolute atomic E-state index is 0.00647. The van der Waals surface area contributed by atoms with E-state index in [2.05, 4.69) is 40.4 Å². The highest BCUT2D eigenvalue weighted by Gasteiger charge is 2.43. The van der Waals surface area contributed by atoms with Crippen molar-refractivity contribution in [2.24, 2.45) is 5.92 Å². The van der Waals surface area contributed by atoms with Crippen LogP contribution in [0.25, 0.3) is 0 Å². The van der Waals surface area contributed by atoms with E-state index in [0.717, 1.165) is 0 Å². The van der Waals surface area contributed by atoms with Crippen molar-refractivity contribution in [1.29, 1.82) is 0 Å². The molecule has 3 atom stereocenters. The highest BCUT2D eigenvalue weighted by molar-refractivity contribution is 6.74. The predicted octanol–water partition coefficient (Wildman–Crippen LogP) is 2.57. The van der Waals surface area contributed by atoms with E-state index >= 15 is 0 Å². The number of aliphatic hydroxyl groups is 1. The Morgan fingerprint density at radius 3 is 2.41 bits per heavy atom. The maximum atomic E-state index is 9.28. The Hall–Kier alpha value is -0.163. The van der Waals surface area contributed by atoms with E-state index in [-0.39, 0.29) is 29.8 Å². The van der Waals surface area contributed by atoms with Gasteiger partial charge in [0.25, 0.3) is 0 Å². The lowest BCUT2D eigenvalue weighted by Gasteiger charge is -2.45. The van der Waals surface area contributed by atoms with Gasteiger partial charge in [0.1, 0.15) is 0 Å². The number of rotatable bonds is 5. The molecule has 0 aromatic rings. The maximum absolute atomic E-state index is 9.28. The van der Waals surface area contributed by atoms with Gasteiger partial charge in [0.05, 0.1) is 25.4 Å². The van der Waals surface area contributed by atoms with Crippen molar-refractivity contribution in [3.63, 3.8) is 0 Å². The van der Waals surface area contributed by atoms with E-state index in [1.54, 1.807) is 6.08 Å². The number of aliphatic hydroxyl groups excluding tert-OH is 1. The molecule has 0 saturated carbocycles. The van der Waals surface area contributed by atoms with E-state index in [1.807, 2.05) is 0 Å². The van der Waals surface area contributed by atoms with Crippen LogP contribution in [-0.4, -0.2) is 38.8 Å². The van der Waals surface area contributed by atoms with Crippen LogP contribution in [0.5, 0.6) is 0 Å². The number of hydrogen-bond acceptors (Lipinski definition) is 3. The minimum atomic E-state index is -1.71. The van der Waals surface area contributed by atoms with Gasteiger partial charge in [-0.3, -0.25) is 0 Å². The smallest absolute Gasteiger partial charge is 0.192 e. The lowest BCUT2D eigenvalue weighted by atomic mass is 9.90. The molecule has 1 rings (SSSR count). The molecule has 17 heavy (non-hydrogen) atoms. The number of hydrogen-bond donors (Lipinski definition) is 1. The molecule has 1 aliphatic rings. The van der Waals surface area contributed by atoms with Gasteiger partial charge in [0, 0.05) is 5.92 Å². The molecule has 100 valence electrons. The maximum Gasteiger partial charge on any atom is 0.192 e. The predicted molar refractivity (Wildman–Crippen MR) is 72.6 cm³/mol. The zero-order valence-electron chi connectivity index (χ0n) is 11.7. The normalized spacial score (nSPS) is 29.9. The van der Waals surface area contributed by atoms with Gasteiger partial charge in [-0.2, -0.15) is 0 Å². The lowest BCUT2D eigenvalue weighted by molar-refractivity contribution is -0.185. The Balaban J connectivity index is 2.45. The topological polar surface area (TPSA) is 38.7 Å². The van der Waals surface area contributed by atoms with Crippen LogP contribution >= 0.6 is 0 Å². The molecule has 0 radical (unpaired) electrons. The Bertz CT molecular complexity index is 270. The fourth-order valence-electron chi connectivity index (χ4n) is 1.65. The summed E-state index contributed by atoms with van der Waals surface area (Å²) in [7, 11) is -1.71. The van der Waals surface area contributed by atoms with Crippen LogP contribution in [0.4, 0.5) is 0 Å². The van der Waals surface area contributed by atoms with Crippen molar-refractivity contribution in [2.75, 3.05) is 13.2 Å². The third-order valence-electron chi connectivity index (χ3n) is 4.09. The standard InChI is InChI=1S/C13H26O3Si/c1-7-11-10(8-14)12(16-11)9-15-17(5,6)13(2,3)4/h7,10-12,14H,1,8-9H2,2-6H3/t10-,11-,12+/m1/s1. The number of ether oxygens (including phenoxy) is 1. The van der Waals surface area contributed by atoms with E-state index < -0.39 is 8.32 Å². The van der Waals surface area contributed by atoms with Crippen LogP contribution in [0.15, 0.2) is 12.7 Å². The van der Waals surface area contributed by atoms with Crippen molar-refractivity contribution < 1.29 is 14.3 Å². The summed E-state index contributed by atoms with van der Waals surface area (Å²) in [6.45, 7) is 15.5. The zero-order valence-corrected chi connectivity index (χ0v) is 12.7. The molecule has 1 heterocycles. The van der Waals surface area contributed by atoms with Crippen LogP contribution < -0.4 is 0 Å². The van der Waals surface area contributed by atoms with E-state index in [4.69, 9.17) is 9.16 Å². The van der Waals surface area contributed by atoms with Crippen molar-refractivity contribution in [1.82, 2.24) is 0 Å². The zero-order chi connectivity index (χ0) is 13.3. The summed E-state index contributed by atoms with van der Waals surface area (Å²) in [6, 6.07) is 0. The molecule has 0 amide bonds. The van der Waals surface area contributed by atoms with Crippen molar-refractivity contribution in [2.45, 2.75) is 51.1 Å². The van der Waals surface area contributed by atoms with Crippen molar-refractivity contribution in [3.8, 4) is 0 Å². The van der Waals surface area contributed by atoms with E-state index in [1.165, 1.54) is 0 Å². The van der Waals surface area contributed by atoms with Crippen LogP contribution in [0.1, 0.15) is 20.8 Å². The monoisotopic (exact) mass is 258 g/mol. The Morgan fingerprint density at radius 2 is 2.00 bits per heavy atom. The molecule has 0 spiro atoms. The molecule has 0 bridgehead atoms. The third-order valence-corrected chi connectivity index (χ3v) is 8.59. The van der Waals surface area contributed by atoms with Gasteiger partial charge in [-0.1, -0.05) is 26.8 Å². The molecular weight excluding hydrogens is 232 g/mol. The van der Waals surface area contributed by atoms with Gasteiger partial charge in [-0.15, -0.1) is 6.58 Å². The molecule has 0 unspecified atom stereocenters. The summed E-state index contributed by atoms with van der Waals surface area (Å²) in [4.78, 5) is 0. The van der Waals surface area contributed by atoms with Gasteiger partial charge in [-0.25, -0.2) is 0 Å². The molecule has 1 aliphatic heterocycles. The second-order valence-corrected chi connectivity index (χ2v) is 11.1. The second-order valence-electron chi connectivity index (χ2n) is 6.29. The van der Waals surface area contributed by atoms with Gasteiger partial charge < -0.3 is 14.3 Å². The van der Waals surface area contributed by atoms with Gasteiger partial charge in [0.2, 0.25) is 0 Å². The molecule has 1 N–H and O–H groups in total. The summed E-state index contributed by atoms with van der Waals surface area (Å²) in [5, 5.41) is 9.49. The Morgan fingerprint density at radius 1 is 1.41 bits per heavy atom. The van der Waals surface area contributed by atoms with Crippen LogP contribution in [0, 0.1) is 5.92 Å². The first-order valence-corrected chi connectivity index (χ1v) is 9.16. The SMILES string of the molecule is C=C[C@H]1O[C@@H](CO[Si](C)(C)C(C)(C)C)[C@@H]1CO. The molecule has 0 aliphatic carbocycles. The van der Waals surface area contributed by atoms with Gasteiger partial charge in [-0.05, 0) is 18.1 Å². The molecular formula is C13H26O3Si. The Labute approximate surface area is 106 Å². The average molecular weight is 258 g/mol. The van der Waals surface area contributed by atoms with E-state index in [0.29, 0.717) is 6.61 Å². The highest BCUT2D eigenvalue weighted by atomic mass is 28.4. The molecule has 4 heteroatoms. The first kappa shape index (κ1) is 14.9. The van der Waals surface area contributed by atoms with Gasteiger partial charge in [0.15, 0.2) is 8.32 Å². The minimum Gasteiger partial charge on any atom is -0.414 e. The van der Waals surface area contributed by atoms with Crippen LogP contribution in [0.3, 0.4) is 0 Å². The fraction of sp³-hybridized carbons (Fsp3) is 0.846. The molecule has 0 aromatic carbocycles. The molecule has 1 saturated heterocycles. The largest absolute Gasteiger partial charge is 0.414 e. The average Bonchev–Trinajstić information content (AvgIpc) is 2.15. The summed E-state index contributed by atoms with van der Waals surface area (Å²) >= 11 is 0. The molecule has 3 nitrogen and oxygen atoms in total. The summed E-state index contributed by atoms with van der Waals surface area (Å²) in [6.07, 6.45) is 1.77. The summed E-state index contributed by atoms with van der Waals surface area (Å²) in [5.41, 5.74) is 0. The van der Waals surface area contributed by atoms with Crippen LogP contribution in [-0.2, 0) is 9.16 Å². The van der Waals surface area contributed by atoms with Crippen molar-refractivity contribution in [3.05, 3.63) is 12.7 Å². The van der Waals surface area contributed by atoms with Crippen LogP contribution in [0.2, 0.25) is 18.1 Å². The summed E-state index contributed by atoms with van der Waals surface area (Å²) in [5.74, 6) is 0.150. The fourth-order valence-corrected chi connectivity index (χ4v) is 2.66.